The fourth-order valence-electron chi connectivity index (χ4n) is 7.19. The smallest absolute Gasteiger partial charge is 0.416 e. The van der Waals surface area contributed by atoms with Gasteiger partial charge in [0.05, 0.1) is 24.6 Å². The summed E-state index contributed by atoms with van der Waals surface area (Å²) >= 11 is 0. The van der Waals surface area contributed by atoms with Gasteiger partial charge in [0.25, 0.3) is 5.56 Å². The van der Waals surface area contributed by atoms with Gasteiger partial charge in [-0.3, -0.25) is 14.4 Å². The Morgan fingerprint density at radius 1 is 0.961 bits per heavy atom. The lowest BCUT2D eigenvalue weighted by Gasteiger charge is -2.31. The number of benzene rings is 2. The van der Waals surface area contributed by atoms with Crippen LogP contribution in [-0.4, -0.2) is 52.7 Å². The summed E-state index contributed by atoms with van der Waals surface area (Å²) in [7, 11) is 0. The first-order chi connectivity index (χ1) is 24.3. The largest absolute Gasteiger partial charge is 0.493 e. The molecule has 1 aliphatic carbocycles. The Balaban J connectivity index is 1.45. The zero-order valence-electron chi connectivity index (χ0n) is 28.5. The van der Waals surface area contributed by atoms with Gasteiger partial charge in [-0.25, -0.2) is 8.78 Å². The highest BCUT2D eigenvalue weighted by atomic mass is 19.4. The van der Waals surface area contributed by atoms with E-state index in [1.54, 1.807) is 13.0 Å². The number of halogens is 5. The van der Waals surface area contributed by atoms with Gasteiger partial charge in [-0.2, -0.15) is 13.2 Å². The second kappa shape index (κ2) is 15.1. The molecule has 1 saturated carbocycles. The fourth-order valence-corrected chi connectivity index (χ4v) is 7.19. The second-order valence-corrected chi connectivity index (χ2v) is 14.0. The van der Waals surface area contributed by atoms with Gasteiger partial charge >= 0.3 is 12.1 Å². The number of aromatic nitrogens is 1. The number of carbonyl (C=O) groups is 2. The highest BCUT2D eigenvalue weighted by Crippen LogP contribution is 2.46. The summed E-state index contributed by atoms with van der Waals surface area (Å²) in [5.41, 5.74) is -0.431. The Bertz CT molecular complexity index is 1850. The van der Waals surface area contributed by atoms with Gasteiger partial charge in [-0.1, -0.05) is 19.3 Å². The number of carbonyl (C=O) groups excluding carboxylic acids is 1. The van der Waals surface area contributed by atoms with Crippen LogP contribution in [0.1, 0.15) is 104 Å². The normalized spacial score (nSPS) is 20.5. The molecule has 2 atom stereocenters. The Hall–Kier alpha value is -4.26. The predicted octanol–water partition coefficient (Wildman–Crippen LogP) is 7.46. The van der Waals surface area contributed by atoms with Crippen LogP contribution in [0.5, 0.6) is 5.75 Å². The van der Waals surface area contributed by atoms with E-state index in [0.29, 0.717) is 73.4 Å². The molecule has 2 fully saturated rings. The summed E-state index contributed by atoms with van der Waals surface area (Å²) in [6.45, 7) is 3.83. The van der Waals surface area contributed by atoms with Crippen LogP contribution >= 0.6 is 0 Å². The van der Waals surface area contributed by atoms with Crippen molar-refractivity contribution in [2.75, 3.05) is 26.2 Å². The van der Waals surface area contributed by atoms with Crippen molar-refractivity contribution in [2.24, 2.45) is 0 Å². The maximum absolute atomic E-state index is 16.4. The number of nitrogens with one attached hydrogen (secondary N) is 1. The summed E-state index contributed by atoms with van der Waals surface area (Å²) in [4.78, 5) is 41.8. The van der Waals surface area contributed by atoms with E-state index in [1.165, 1.54) is 18.2 Å². The van der Waals surface area contributed by atoms with E-state index >= 15 is 4.39 Å². The van der Waals surface area contributed by atoms with Crippen LogP contribution in [0.3, 0.4) is 0 Å². The van der Waals surface area contributed by atoms with Crippen LogP contribution in [0.25, 0.3) is 11.1 Å². The quantitative estimate of drug-likeness (QED) is 0.247. The Morgan fingerprint density at radius 3 is 2.35 bits per heavy atom. The summed E-state index contributed by atoms with van der Waals surface area (Å²) < 4.78 is 80.5. The summed E-state index contributed by atoms with van der Waals surface area (Å²) in [6.07, 6.45) is 0.263. The molecule has 3 aliphatic rings. The maximum atomic E-state index is 16.4. The van der Waals surface area contributed by atoms with E-state index in [4.69, 9.17) is 4.74 Å². The highest BCUT2D eigenvalue weighted by Gasteiger charge is 2.37. The van der Waals surface area contributed by atoms with Gasteiger partial charge in [-0.15, -0.1) is 0 Å². The summed E-state index contributed by atoms with van der Waals surface area (Å²) in [6, 6.07) is 3.55. The lowest BCUT2D eigenvalue weighted by Crippen LogP contribution is -2.41. The Labute approximate surface area is 292 Å². The number of rotatable bonds is 7. The van der Waals surface area contributed by atoms with Crippen molar-refractivity contribution in [3.63, 3.8) is 0 Å². The highest BCUT2D eigenvalue weighted by molar-refractivity contribution is 5.82. The predicted molar refractivity (Wildman–Crippen MR) is 180 cm³/mol. The van der Waals surface area contributed by atoms with Crippen LogP contribution in [0.4, 0.5) is 22.0 Å². The van der Waals surface area contributed by atoms with Crippen LogP contribution in [-0.2, 0) is 22.2 Å². The minimum Gasteiger partial charge on any atom is -0.493 e. The van der Waals surface area contributed by atoms with Crippen molar-refractivity contribution in [1.29, 1.82) is 0 Å². The van der Waals surface area contributed by atoms with E-state index < -0.39 is 59.3 Å². The molecule has 2 aliphatic heterocycles. The van der Waals surface area contributed by atoms with Crippen LogP contribution in [0, 0.1) is 18.6 Å². The van der Waals surface area contributed by atoms with Gasteiger partial charge in [0.1, 0.15) is 23.4 Å². The molecule has 1 amide bonds. The van der Waals surface area contributed by atoms with Gasteiger partial charge in [0.15, 0.2) is 0 Å². The zero-order valence-corrected chi connectivity index (χ0v) is 28.5. The first-order valence-corrected chi connectivity index (χ1v) is 17.6. The first kappa shape index (κ1) is 36.5. The van der Waals surface area contributed by atoms with Crippen molar-refractivity contribution in [3.05, 3.63) is 86.3 Å². The second-order valence-electron chi connectivity index (χ2n) is 14.0. The minimum absolute atomic E-state index is 0.0117. The third-order valence-corrected chi connectivity index (χ3v) is 10.2. The number of hydrogen-bond acceptors (Lipinski definition) is 5. The monoisotopic (exact) mass is 715 g/mol. The molecule has 1 saturated heterocycles. The molecule has 3 heterocycles. The third-order valence-electron chi connectivity index (χ3n) is 10.2. The van der Waals surface area contributed by atoms with Gasteiger partial charge in [0.2, 0.25) is 5.91 Å². The molecule has 0 spiro atoms. The average molecular weight is 716 g/mol. The summed E-state index contributed by atoms with van der Waals surface area (Å²) in [5, 5.41) is 12.6. The number of likely N-dealkylation sites (tertiary alicyclic amines) is 1. The standard InChI is InChI=1S/C38H42F5N3O5/c1-22-15-26(39)18-32-35(22)25-16-27(23-8-9-23)36(40)28(17-25)30(20-34(48)49)44-37(50)31(7-4-2-3-5-14-51-32)46-21-24(10-13-45-11-6-12-45)29(19-33(46)47)38(41,42)43/h15-19,21,23,30-31H,2-14,20H2,1H3,(H,44,50)(H,48,49)/t30-,31-/m0/s1. The Morgan fingerprint density at radius 2 is 1.69 bits per heavy atom. The van der Waals surface area contributed by atoms with E-state index in [-0.39, 0.29) is 42.2 Å². The van der Waals surface area contributed by atoms with E-state index in [1.807, 2.05) is 4.90 Å². The number of pyridine rings is 1. The van der Waals surface area contributed by atoms with Gasteiger partial charge in [-0.05, 0) is 105 Å². The number of aryl methyl sites for hydroxylation is 1. The van der Waals surface area contributed by atoms with Crippen molar-refractivity contribution in [3.8, 4) is 16.9 Å². The molecular formula is C38H42F5N3O5. The number of carboxylic acid groups (broad SMARTS) is 1. The number of ether oxygens (including phenoxy) is 1. The van der Waals surface area contributed by atoms with Crippen molar-refractivity contribution < 1.29 is 41.4 Å². The van der Waals surface area contributed by atoms with Crippen molar-refractivity contribution >= 4 is 11.9 Å². The number of amides is 1. The lowest BCUT2D eigenvalue weighted by atomic mass is 9.90. The first-order valence-electron chi connectivity index (χ1n) is 17.6. The van der Waals surface area contributed by atoms with Gasteiger partial charge in [0, 0.05) is 36.0 Å². The molecule has 0 unspecified atom stereocenters. The van der Waals surface area contributed by atoms with Crippen LogP contribution in [0.15, 0.2) is 41.3 Å². The number of carboxylic acids is 1. The number of nitrogens with zero attached hydrogens (tertiary/aromatic N) is 2. The number of alkyl halides is 3. The Kier molecular flexibility index (Phi) is 10.9. The van der Waals surface area contributed by atoms with Gasteiger partial charge < -0.3 is 24.6 Å². The lowest BCUT2D eigenvalue weighted by molar-refractivity contribution is -0.139. The molecule has 0 radical (unpaired) electrons. The summed E-state index contributed by atoms with van der Waals surface area (Å²) in [5.74, 6) is -3.17. The van der Waals surface area contributed by atoms with Crippen molar-refractivity contribution in [2.45, 2.75) is 95.3 Å². The average Bonchev–Trinajstić information content (AvgIpc) is 3.87. The molecule has 2 bridgehead atoms. The number of hydrogen-bond donors (Lipinski definition) is 2. The number of fused-ring (bicyclic) bond motifs is 4. The fraction of sp³-hybridized carbons (Fsp3) is 0.500. The molecule has 1 aromatic heterocycles. The molecule has 274 valence electrons. The molecule has 2 aromatic carbocycles. The van der Waals surface area contributed by atoms with E-state index in [2.05, 4.69) is 5.32 Å². The topological polar surface area (TPSA) is 101 Å². The molecule has 2 N–H and O–H groups in total. The van der Waals surface area contributed by atoms with E-state index in [0.717, 1.165) is 30.3 Å². The molecule has 3 aromatic rings. The number of aliphatic carboxylic acids is 1. The molecule has 13 heteroatoms. The van der Waals surface area contributed by atoms with Crippen LogP contribution < -0.4 is 15.6 Å². The molecule has 6 rings (SSSR count). The molecule has 51 heavy (non-hydrogen) atoms. The maximum Gasteiger partial charge on any atom is 0.416 e. The van der Waals surface area contributed by atoms with E-state index in [9.17, 15) is 37.1 Å². The zero-order chi connectivity index (χ0) is 36.4. The SMILES string of the molecule is Cc1cc(F)cc2c1-c1cc(C3CC3)c(F)c(c1)[C@H](CC(=O)O)NC(=O)[C@@H](n1cc(CCN3CCC3)c(C(F)(F)F)cc1=O)CCCCCCO2. The van der Waals surface area contributed by atoms with Crippen molar-refractivity contribution in [1.82, 2.24) is 14.8 Å². The third kappa shape index (κ3) is 8.45. The minimum atomic E-state index is -4.79. The molecule has 8 nitrogen and oxygen atoms in total. The van der Waals surface area contributed by atoms with Crippen LogP contribution in [0.2, 0.25) is 0 Å². The molecular weight excluding hydrogens is 673 g/mol.